The van der Waals surface area contributed by atoms with Crippen molar-refractivity contribution >= 4 is 29.9 Å². The molecule has 0 bridgehead atoms. The Bertz CT molecular complexity index is 616. The summed E-state index contributed by atoms with van der Waals surface area (Å²) in [7, 11) is 3.85. The van der Waals surface area contributed by atoms with Crippen LogP contribution in [0.3, 0.4) is 0 Å². The van der Waals surface area contributed by atoms with Gasteiger partial charge >= 0.3 is 0 Å². The molecule has 2 N–H and O–H groups in total. The molecule has 4 nitrogen and oxygen atoms in total. The SMILES string of the molecule is CCc1ccc(C(C)NC(=NC)NCc2cccn2C)cc1.I. The van der Waals surface area contributed by atoms with Crippen LogP contribution in [0, 0.1) is 0 Å². The molecule has 2 aromatic rings. The molecule has 0 spiro atoms. The van der Waals surface area contributed by atoms with E-state index in [1.54, 1.807) is 7.05 Å². The lowest BCUT2D eigenvalue weighted by atomic mass is 10.1. The summed E-state index contributed by atoms with van der Waals surface area (Å²) in [5.74, 6) is 0.813. The molecule has 1 atom stereocenters. The highest BCUT2D eigenvalue weighted by Gasteiger charge is 2.08. The molecule has 23 heavy (non-hydrogen) atoms. The molecule has 0 aliphatic rings. The minimum Gasteiger partial charge on any atom is -0.353 e. The molecule has 0 aliphatic carbocycles. The zero-order valence-electron chi connectivity index (χ0n) is 14.3. The van der Waals surface area contributed by atoms with Gasteiger partial charge in [-0.2, -0.15) is 0 Å². The number of nitrogens with one attached hydrogen (secondary N) is 2. The summed E-state index contributed by atoms with van der Waals surface area (Å²) in [5, 5.41) is 6.79. The lowest BCUT2D eigenvalue weighted by molar-refractivity contribution is 0.676. The van der Waals surface area contributed by atoms with E-state index in [0.29, 0.717) is 0 Å². The molecule has 1 unspecified atom stereocenters. The lowest BCUT2D eigenvalue weighted by Gasteiger charge is -2.18. The van der Waals surface area contributed by atoms with E-state index < -0.39 is 0 Å². The summed E-state index contributed by atoms with van der Waals surface area (Å²) in [5.41, 5.74) is 3.85. The summed E-state index contributed by atoms with van der Waals surface area (Å²) in [6, 6.07) is 13.1. The van der Waals surface area contributed by atoms with Crippen LogP contribution in [0.4, 0.5) is 0 Å². The lowest BCUT2D eigenvalue weighted by Crippen LogP contribution is -2.38. The Morgan fingerprint density at radius 2 is 1.91 bits per heavy atom. The van der Waals surface area contributed by atoms with E-state index in [9.17, 15) is 0 Å². The smallest absolute Gasteiger partial charge is 0.191 e. The number of aryl methyl sites for hydroxylation is 2. The number of hydrogen-bond donors (Lipinski definition) is 2. The van der Waals surface area contributed by atoms with E-state index in [2.05, 4.69) is 64.4 Å². The van der Waals surface area contributed by atoms with Gasteiger partial charge in [0.2, 0.25) is 0 Å². The van der Waals surface area contributed by atoms with Gasteiger partial charge in [-0.25, -0.2) is 0 Å². The number of rotatable bonds is 5. The number of hydrogen-bond acceptors (Lipinski definition) is 1. The molecule has 5 heteroatoms. The first kappa shape index (κ1) is 19.5. The highest BCUT2D eigenvalue weighted by atomic mass is 127. The minimum absolute atomic E-state index is 0. The normalized spacial score (nSPS) is 12.4. The van der Waals surface area contributed by atoms with Gasteiger partial charge in [-0.05, 0) is 36.6 Å². The molecule has 1 aromatic carbocycles. The Balaban J connectivity index is 0.00000264. The van der Waals surface area contributed by atoms with Crippen LogP contribution in [0.2, 0.25) is 0 Å². The van der Waals surface area contributed by atoms with E-state index in [-0.39, 0.29) is 30.0 Å². The number of guanidine groups is 1. The van der Waals surface area contributed by atoms with Gasteiger partial charge in [0, 0.05) is 26.0 Å². The first-order valence-corrected chi connectivity index (χ1v) is 7.80. The zero-order valence-corrected chi connectivity index (χ0v) is 16.7. The van der Waals surface area contributed by atoms with Crippen LogP contribution < -0.4 is 10.6 Å². The van der Waals surface area contributed by atoms with Crippen LogP contribution >= 0.6 is 24.0 Å². The molecule has 0 saturated heterocycles. The monoisotopic (exact) mass is 426 g/mol. The number of aromatic nitrogens is 1. The average Bonchev–Trinajstić information content (AvgIpc) is 2.96. The highest BCUT2D eigenvalue weighted by molar-refractivity contribution is 14.0. The molecule has 0 aliphatic heterocycles. The third kappa shape index (κ3) is 5.57. The number of nitrogens with zero attached hydrogens (tertiary/aromatic N) is 2. The van der Waals surface area contributed by atoms with E-state index in [0.717, 1.165) is 18.9 Å². The Labute approximate surface area is 156 Å². The Morgan fingerprint density at radius 3 is 2.43 bits per heavy atom. The maximum absolute atomic E-state index is 4.30. The molecule has 1 aromatic heterocycles. The van der Waals surface area contributed by atoms with Crippen LogP contribution in [0.5, 0.6) is 0 Å². The van der Waals surface area contributed by atoms with Gasteiger partial charge in [0.25, 0.3) is 0 Å². The molecular weight excluding hydrogens is 399 g/mol. The maximum atomic E-state index is 4.30. The zero-order chi connectivity index (χ0) is 15.9. The van der Waals surface area contributed by atoms with Crippen molar-refractivity contribution in [3.8, 4) is 0 Å². The molecule has 0 amide bonds. The van der Waals surface area contributed by atoms with Gasteiger partial charge in [-0.3, -0.25) is 4.99 Å². The van der Waals surface area contributed by atoms with Crippen LogP contribution in [-0.2, 0) is 20.0 Å². The van der Waals surface area contributed by atoms with Crippen LogP contribution in [0.1, 0.15) is 36.7 Å². The predicted molar refractivity (Wildman–Crippen MR) is 108 cm³/mol. The fourth-order valence-corrected chi connectivity index (χ4v) is 2.38. The fraction of sp³-hybridized carbons (Fsp3) is 0.389. The van der Waals surface area contributed by atoms with E-state index in [1.807, 2.05) is 19.3 Å². The standard InChI is InChI=1S/C18H26N4.HI/c1-5-15-8-10-16(11-9-15)14(2)21-18(19-3)20-13-17-7-6-12-22(17)4;/h6-12,14H,5,13H2,1-4H3,(H2,19,20,21);1H. The fourth-order valence-electron chi connectivity index (χ4n) is 2.38. The summed E-state index contributed by atoms with van der Waals surface area (Å²) in [4.78, 5) is 4.30. The van der Waals surface area contributed by atoms with Gasteiger partial charge in [-0.1, -0.05) is 31.2 Å². The van der Waals surface area contributed by atoms with Crippen molar-refractivity contribution in [1.29, 1.82) is 0 Å². The molecule has 2 rings (SSSR count). The van der Waals surface area contributed by atoms with Crippen LogP contribution in [-0.4, -0.2) is 17.6 Å². The first-order chi connectivity index (χ1) is 10.6. The third-order valence-corrected chi connectivity index (χ3v) is 3.95. The summed E-state index contributed by atoms with van der Waals surface area (Å²) in [6.45, 7) is 5.08. The van der Waals surface area contributed by atoms with Crippen molar-refractivity contribution in [2.75, 3.05) is 7.05 Å². The molecular formula is C18H27IN4. The molecule has 1 heterocycles. The third-order valence-electron chi connectivity index (χ3n) is 3.95. The van der Waals surface area contributed by atoms with E-state index in [4.69, 9.17) is 0 Å². The van der Waals surface area contributed by atoms with Gasteiger partial charge in [-0.15, -0.1) is 24.0 Å². The molecule has 0 radical (unpaired) electrons. The average molecular weight is 426 g/mol. The second-order valence-corrected chi connectivity index (χ2v) is 5.50. The van der Waals surface area contributed by atoms with Gasteiger partial charge < -0.3 is 15.2 Å². The topological polar surface area (TPSA) is 41.4 Å². The van der Waals surface area contributed by atoms with Crippen LogP contribution in [0.15, 0.2) is 47.6 Å². The molecule has 126 valence electrons. The van der Waals surface area contributed by atoms with Gasteiger partial charge in [0.05, 0.1) is 12.6 Å². The van der Waals surface area contributed by atoms with E-state index >= 15 is 0 Å². The molecule has 0 fully saturated rings. The number of aliphatic imine (C=N–C) groups is 1. The van der Waals surface area contributed by atoms with Crippen molar-refractivity contribution in [1.82, 2.24) is 15.2 Å². The van der Waals surface area contributed by atoms with Crippen molar-refractivity contribution in [3.05, 3.63) is 59.4 Å². The van der Waals surface area contributed by atoms with E-state index in [1.165, 1.54) is 16.8 Å². The summed E-state index contributed by atoms with van der Waals surface area (Å²) in [6.07, 6.45) is 3.12. The first-order valence-electron chi connectivity index (χ1n) is 7.80. The van der Waals surface area contributed by atoms with Gasteiger partial charge in [0.15, 0.2) is 5.96 Å². The highest BCUT2D eigenvalue weighted by Crippen LogP contribution is 2.13. The van der Waals surface area contributed by atoms with Crippen molar-refractivity contribution in [2.45, 2.75) is 32.9 Å². The van der Waals surface area contributed by atoms with Crippen molar-refractivity contribution < 1.29 is 0 Å². The summed E-state index contributed by atoms with van der Waals surface area (Å²) < 4.78 is 2.10. The van der Waals surface area contributed by atoms with Gasteiger partial charge in [0.1, 0.15) is 0 Å². The van der Waals surface area contributed by atoms with Crippen molar-refractivity contribution in [3.63, 3.8) is 0 Å². The molecule has 0 saturated carbocycles. The number of benzene rings is 1. The quantitative estimate of drug-likeness (QED) is 0.436. The minimum atomic E-state index is 0. The Hall–Kier alpha value is -1.50. The Kier molecular flexibility index (Phi) is 8.16. The predicted octanol–water partition coefficient (Wildman–Crippen LogP) is 3.63. The second kappa shape index (κ2) is 9.60. The second-order valence-electron chi connectivity index (χ2n) is 5.50. The largest absolute Gasteiger partial charge is 0.353 e. The van der Waals surface area contributed by atoms with Crippen LogP contribution in [0.25, 0.3) is 0 Å². The maximum Gasteiger partial charge on any atom is 0.191 e. The Morgan fingerprint density at radius 1 is 1.22 bits per heavy atom. The summed E-state index contributed by atoms with van der Waals surface area (Å²) >= 11 is 0. The number of halogens is 1. The van der Waals surface area contributed by atoms with Crippen molar-refractivity contribution in [2.24, 2.45) is 12.0 Å².